The van der Waals surface area contributed by atoms with Crippen molar-refractivity contribution >= 4 is 0 Å². The van der Waals surface area contributed by atoms with E-state index >= 15 is 0 Å². The molecule has 1 unspecified atom stereocenters. The molecule has 0 heterocycles. The minimum atomic E-state index is -0.437. The Hall–Kier alpha value is -2.93. The topological polar surface area (TPSA) is 56.0 Å². The molecule has 0 bridgehead atoms. The van der Waals surface area contributed by atoms with Crippen LogP contribution in [0.4, 0.5) is 0 Å². The van der Waals surface area contributed by atoms with Gasteiger partial charge in [0, 0.05) is 6.54 Å². The molecular weight excluding hydrogens is 320 g/mol. The van der Waals surface area contributed by atoms with Crippen molar-refractivity contribution in [3.63, 3.8) is 0 Å². The van der Waals surface area contributed by atoms with Crippen LogP contribution in [0.3, 0.4) is 0 Å². The zero-order chi connectivity index (χ0) is 18.2. The van der Waals surface area contributed by atoms with E-state index in [-0.39, 0.29) is 0 Å². The van der Waals surface area contributed by atoms with Crippen LogP contribution < -0.4 is 5.32 Å². The number of benzene rings is 3. The van der Waals surface area contributed by atoms with E-state index in [2.05, 4.69) is 23.5 Å². The molecule has 0 aromatic heterocycles. The summed E-state index contributed by atoms with van der Waals surface area (Å²) in [6.07, 6.45) is 0.242. The molecule has 0 fully saturated rings. The predicted octanol–water partition coefficient (Wildman–Crippen LogP) is 4.44. The lowest BCUT2D eigenvalue weighted by Gasteiger charge is -2.12. The van der Waals surface area contributed by atoms with Crippen LogP contribution >= 0.6 is 0 Å². The fraction of sp³-hybridized carbons (Fsp3) is 0.174. The van der Waals surface area contributed by atoms with Crippen LogP contribution in [0.25, 0.3) is 11.1 Å². The summed E-state index contributed by atoms with van der Waals surface area (Å²) in [6.45, 7) is 1.50. The van der Waals surface area contributed by atoms with E-state index in [1.165, 1.54) is 5.56 Å². The number of aliphatic hydroxyl groups is 1. The van der Waals surface area contributed by atoms with Crippen LogP contribution in [0, 0.1) is 11.3 Å². The Kier molecular flexibility index (Phi) is 6.16. The maximum Gasteiger partial charge on any atom is 0.0998 e. The van der Waals surface area contributed by atoms with Gasteiger partial charge in [-0.05, 0) is 41.3 Å². The van der Waals surface area contributed by atoms with E-state index in [0.29, 0.717) is 12.0 Å². The third kappa shape index (κ3) is 4.58. The summed E-state index contributed by atoms with van der Waals surface area (Å²) in [4.78, 5) is 0. The maximum absolute atomic E-state index is 10.2. The number of hydrogen-bond acceptors (Lipinski definition) is 3. The maximum atomic E-state index is 10.2. The number of hydrogen-bond donors (Lipinski definition) is 2. The zero-order valence-electron chi connectivity index (χ0n) is 14.6. The predicted molar refractivity (Wildman–Crippen MR) is 104 cm³/mol. The highest BCUT2D eigenvalue weighted by molar-refractivity contribution is 5.70. The Morgan fingerprint density at radius 2 is 1.58 bits per heavy atom. The first-order valence-corrected chi connectivity index (χ1v) is 8.80. The quantitative estimate of drug-likeness (QED) is 0.624. The van der Waals surface area contributed by atoms with E-state index in [0.717, 1.165) is 29.8 Å². The van der Waals surface area contributed by atoms with Gasteiger partial charge in [-0.25, -0.2) is 0 Å². The van der Waals surface area contributed by atoms with Gasteiger partial charge in [-0.3, -0.25) is 0 Å². The average Bonchev–Trinajstić information content (AvgIpc) is 2.72. The summed E-state index contributed by atoms with van der Waals surface area (Å²) in [7, 11) is 0. The van der Waals surface area contributed by atoms with Gasteiger partial charge in [0.2, 0.25) is 0 Å². The SMILES string of the molecule is N#Cc1ccccc1-c1ccc(CNCCC(O)c2ccccc2)cc1. The van der Waals surface area contributed by atoms with Crippen molar-refractivity contribution in [2.24, 2.45) is 0 Å². The van der Waals surface area contributed by atoms with Crippen molar-refractivity contribution in [2.75, 3.05) is 6.54 Å². The van der Waals surface area contributed by atoms with Crippen molar-refractivity contribution in [1.82, 2.24) is 5.32 Å². The highest BCUT2D eigenvalue weighted by Crippen LogP contribution is 2.23. The van der Waals surface area contributed by atoms with Crippen molar-refractivity contribution in [3.05, 3.63) is 95.6 Å². The normalized spacial score (nSPS) is 11.7. The molecule has 0 aliphatic heterocycles. The molecule has 3 heteroatoms. The van der Waals surface area contributed by atoms with Crippen LogP contribution in [-0.4, -0.2) is 11.7 Å². The van der Waals surface area contributed by atoms with Gasteiger partial charge in [0.05, 0.1) is 17.7 Å². The molecule has 130 valence electrons. The van der Waals surface area contributed by atoms with Crippen LogP contribution in [-0.2, 0) is 6.54 Å². The van der Waals surface area contributed by atoms with Crippen molar-refractivity contribution in [3.8, 4) is 17.2 Å². The van der Waals surface area contributed by atoms with Gasteiger partial charge in [0.15, 0.2) is 0 Å². The first-order chi connectivity index (χ1) is 12.8. The molecule has 0 amide bonds. The van der Waals surface area contributed by atoms with Gasteiger partial charge in [0.25, 0.3) is 0 Å². The first kappa shape index (κ1) is 17.9. The Labute approximate surface area is 154 Å². The fourth-order valence-electron chi connectivity index (χ4n) is 2.95. The standard InChI is InChI=1S/C23H22N2O/c24-16-21-8-4-5-9-22(21)19-12-10-18(11-13-19)17-25-15-14-23(26)20-6-2-1-3-7-20/h1-13,23,25-26H,14-15,17H2. The Bertz CT molecular complexity index is 867. The fourth-order valence-corrected chi connectivity index (χ4v) is 2.95. The van der Waals surface area contributed by atoms with E-state index in [9.17, 15) is 10.4 Å². The van der Waals surface area contributed by atoms with Gasteiger partial charge >= 0.3 is 0 Å². The lowest BCUT2D eigenvalue weighted by Crippen LogP contribution is -2.17. The van der Waals surface area contributed by atoms with E-state index < -0.39 is 6.10 Å². The summed E-state index contributed by atoms with van der Waals surface area (Å²) in [6, 6.07) is 27.8. The van der Waals surface area contributed by atoms with Crippen LogP contribution in [0.1, 0.15) is 29.2 Å². The van der Waals surface area contributed by atoms with Gasteiger partial charge in [-0.2, -0.15) is 5.26 Å². The monoisotopic (exact) mass is 342 g/mol. The summed E-state index contributed by atoms with van der Waals surface area (Å²) in [5.74, 6) is 0. The summed E-state index contributed by atoms with van der Waals surface area (Å²) >= 11 is 0. The summed E-state index contributed by atoms with van der Waals surface area (Å²) < 4.78 is 0. The first-order valence-electron chi connectivity index (χ1n) is 8.80. The molecule has 0 aliphatic rings. The molecule has 0 spiro atoms. The second-order valence-electron chi connectivity index (χ2n) is 6.25. The van der Waals surface area contributed by atoms with Gasteiger partial charge in [-0.15, -0.1) is 0 Å². The molecule has 0 aliphatic carbocycles. The summed E-state index contributed by atoms with van der Waals surface area (Å²) in [5, 5.41) is 22.8. The number of nitrogens with one attached hydrogen (secondary N) is 1. The molecule has 3 nitrogen and oxygen atoms in total. The molecule has 0 saturated carbocycles. The third-order valence-electron chi connectivity index (χ3n) is 4.42. The Morgan fingerprint density at radius 1 is 0.885 bits per heavy atom. The van der Waals surface area contributed by atoms with Crippen LogP contribution in [0.2, 0.25) is 0 Å². The minimum Gasteiger partial charge on any atom is -0.388 e. The van der Waals surface area contributed by atoms with Crippen LogP contribution in [0.15, 0.2) is 78.9 Å². The molecule has 3 aromatic carbocycles. The van der Waals surface area contributed by atoms with Crippen LogP contribution in [0.5, 0.6) is 0 Å². The molecule has 1 atom stereocenters. The number of aliphatic hydroxyl groups excluding tert-OH is 1. The Balaban J connectivity index is 1.51. The van der Waals surface area contributed by atoms with E-state index in [4.69, 9.17) is 0 Å². The second kappa shape index (κ2) is 8.96. The summed E-state index contributed by atoms with van der Waals surface area (Å²) in [5.41, 5.74) is 4.83. The lowest BCUT2D eigenvalue weighted by molar-refractivity contribution is 0.167. The smallest absolute Gasteiger partial charge is 0.0998 e. The van der Waals surface area contributed by atoms with Gasteiger partial charge < -0.3 is 10.4 Å². The van der Waals surface area contributed by atoms with Gasteiger partial charge in [0.1, 0.15) is 0 Å². The molecule has 3 aromatic rings. The molecule has 0 radical (unpaired) electrons. The number of nitrogens with zero attached hydrogens (tertiary/aromatic N) is 1. The van der Waals surface area contributed by atoms with Crippen molar-refractivity contribution in [1.29, 1.82) is 5.26 Å². The highest BCUT2D eigenvalue weighted by atomic mass is 16.3. The molecular formula is C23H22N2O. The largest absolute Gasteiger partial charge is 0.388 e. The lowest BCUT2D eigenvalue weighted by atomic mass is 9.99. The molecule has 26 heavy (non-hydrogen) atoms. The average molecular weight is 342 g/mol. The van der Waals surface area contributed by atoms with Gasteiger partial charge in [-0.1, -0.05) is 72.8 Å². The zero-order valence-corrected chi connectivity index (χ0v) is 14.6. The Morgan fingerprint density at radius 3 is 2.31 bits per heavy atom. The van der Waals surface area contributed by atoms with Crippen molar-refractivity contribution in [2.45, 2.75) is 19.1 Å². The molecule has 2 N–H and O–H groups in total. The van der Waals surface area contributed by atoms with E-state index in [1.807, 2.05) is 66.7 Å². The third-order valence-corrected chi connectivity index (χ3v) is 4.42. The molecule has 3 rings (SSSR count). The number of nitriles is 1. The molecule has 0 saturated heterocycles. The number of rotatable bonds is 7. The minimum absolute atomic E-state index is 0.437. The highest BCUT2D eigenvalue weighted by Gasteiger charge is 2.06. The second-order valence-corrected chi connectivity index (χ2v) is 6.25. The van der Waals surface area contributed by atoms with Crippen molar-refractivity contribution < 1.29 is 5.11 Å². The van der Waals surface area contributed by atoms with E-state index in [1.54, 1.807) is 0 Å².